The summed E-state index contributed by atoms with van der Waals surface area (Å²) in [6.45, 7) is 3.94. The van der Waals surface area contributed by atoms with Crippen molar-refractivity contribution < 1.29 is 9.53 Å². The zero-order valence-corrected chi connectivity index (χ0v) is 15.0. The summed E-state index contributed by atoms with van der Waals surface area (Å²) in [5.74, 6) is 2.37. The number of fused-ring (bicyclic) bond motifs is 1. The van der Waals surface area contributed by atoms with Gasteiger partial charge in [-0.05, 0) is 56.0 Å². The van der Waals surface area contributed by atoms with E-state index in [1.807, 2.05) is 17.0 Å². The average molecular weight is 359 g/mol. The Kier molecular flexibility index (Phi) is 6.57. The van der Waals surface area contributed by atoms with Crippen LogP contribution in [-0.2, 0) is 11.2 Å². The molecule has 2 aliphatic heterocycles. The van der Waals surface area contributed by atoms with Crippen LogP contribution in [0.5, 0.6) is 5.75 Å². The molecule has 4 nitrogen and oxygen atoms in total. The van der Waals surface area contributed by atoms with E-state index in [4.69, 9.17) is 16.3 Å². The van der Waals surface area contributed by atoms with E-state index in [1.165, 1.54) is 0 Å². The zero-order chi connectivity index (χ0) is 15.5. The van der Waals surface area contributed by atoms with E-state index >= 15 is 0 Å². The summed E-state index contributed by atoms with van der Waals surface area (Å²) in [6.07, 6.45) is 2.57. The molecule has 2 saturated heterocycles. The minimum Gasteiger partial charge on any atom is -0.496 e. The molecule has 0 spiro atoms. The topological polar surface area (TPSA) is 41.6 Å². The number of halogens is 2. The molecule has 128 valence electrons. The van der Waals surface area contributed by atoms with Crippen LogP contribution in [0.25, 0.3) is 0 Å². The minimum atomic E-state index is 0. The fourth-order valence-corrected chi connectivity index (χ4v) is 3.82. The van der Waals surface area contributed by atoms with Crippen molar-refractivity contribution in [1.82, 2.24) is 10.2 Å². The smallest absolute Gasteiger partial charge is 0.227 e. The molecule has 0 aliphatic carbocycles. The van der Waals surface area contributed by atoms with Crippen molar-refractivity contribution >= 4 is 29.9 Å². The Morgan fingerprint density at radius 1 is 1.30 bits per heavy atom. The fourth-order valence-electron chi connectivity index (χ4n) is 3.63. The van der Waals surface area contributed by atoms with Gasteiger partial charge in [0.05, 0.1) is 13.5 Å². The van der Waals surface area contributed by atoms with Crippen molar-refractivity contribution in [1.29, 1.82) is 0 Å². The molecule has 1 amide bonds. The summed E-state index contributed by atoms with van der Waals surface area (Å²) >= 11 is 6.05. The number of benzene rings is 1. The summed E-state index contributed by atoms with van der Waals surface area (Å²) in [5.41, 5.74) is 0.867. The number of hydrogen-bond donors (Lipinski definition) is 1. The number of amides is 1. The monoisotopic (exact) mass is 358 g/mol. The van der Waals surface area contributed by atoms with Gasteiger partial charge in [0.15, 0.2) is 0 Å². The molecular weight excluding hydrogens is 335 g/mol. The molecular formula is C17H24Cl2N2O2. The Morgan fingerprint density at radius 3 is 2.57 bits per heavy atom. The third kappa shape index (κ3) is 4.31. The van der Waals surface area contributed by atoms with Gasteiger partial charge in [-0.2, -0.15) is 0 Å². The maximum Gasteiger partial charge on any atom is 0.227 e. The highest BCUT2D eigenvalue weighted by Gasteiger charge is 2.31. The Morgan fingerprint density at radius 2 is 1.96 bits per heavy atom. The molecule has 23 heavy (non-hydrogen) atoms. The molecule has 2 heterocycles. The number of nitrogens with one attached hydrogen (secondary N) is 1. The highest BCUT2D eigenvalue weighted by molar-refractivity contribution is 6.30. The molecule has 0 bridgehead atoms. The predicted molar refractivity (Wildman–Crippen MR) is 94.6 cm³/mol. The quantitative estimate of drug-likeness (QED) is 0.903. The molecule has 1 N–H and O–H groups in total. The molecule has 6 heteroatoms. The second-order valence-corrected chi connectivity index (χ2v) is 6.71. The van der Waals surface area contributed by atoms with Crippen molar-refractivity contribution in [3.8, 4) is 5.75 Å². The Balaban J connectivity index is 0.00000192. The molecule has 2 atom stereocenters. The molecule has 1 aromatic carbocycles. The lowest BCUT2D eigenvalue weighted by atomic mass is 9.92. The normalized spacial score (nSPS) is 23.7. The molecule has 2 aliphatic rings. The van der Waals surface area contributed by atoms with Crippen LogP contribution in [0, 0.1) is 11.8 Å². The number of carbonyl (C=O) groups excluding carboxylic acids is 1. The zero-order valence-electron chi connectivity index (χ0n) is 13.4. The Labute approximate surface area is 148 Å². The molecule has 0 unspecified atom stereocenters. The second-order valence-electron chi connectivity index (χ2n) is 6.27. The molecule has 2 fully saturated rings. The lowest BCUT2D eigenvalue weighted by Crippen LogP contribution is -2.34. The highest BCUT2D eigenvalue weighted by atomic mass is 35.5. The number of methoxy groups -OCH3 is 1. The third-order valence-corrected chi connectivity index (χ3v) is 5.19. The third-order valence-electron chi connectivity index (χ3n) is 4.96. The number of nitrogens with zero attached hydrogens (tertiary/aromatic N) is 1. The van der Waals surface area contributed by atoms with Gasteiger partial charge in [0, 0.05) is 23.7 Å². The van der Waals surface area contributed by atoms with E-state index in [0.29, 0.717) is 11.4 Å². The molecule has 3 rings (SSSR count). The van der Waals surface area contributed by atoms with Gasteiger partial charge in [-0.15, -0.1) is 12.4 Å². The van der Waals surface area contributed by atoms with Crippen molar-refractivity contribution in [3.63, 3.8) is 0 Å². The minimum absolute atomic E-state index is 0. The highest BCUT2D eigenvalue weighted by Crippen LogP contribution is 2.28. The van der Waals surface area contributed by atoms with E-state index in [2.05, 4.69) is 5.32 Å². The van der Waals surface area contributed by atoms with Gasteiger partial charge >= 0.3 is 0 Å². The number of ether oxygens (including phenoxy) is 1. The number of likely N-dealkylation sites (tertiary alicyclic amines) is 1. The maximum atomic E-state index is 12.6. The average Bonchev–Trinajstić information content (AvgIpc) is 2.86. The summed E-state index contributed by atoms with van der Waals surface area (Å²) in [6, 6.07) is 5.44. The van der Waals surface area contributed by atoms with Crippen LogP contribution in [0.15, 0.2) is 18.2 Å². The van der Waals surface area contributed by atoms with Crippen LogP contribution < -0.4 is 10.1 Å². The van der Waals surface area contributed by atoms with Gasteiger partial charge in [-0.1, -0.05) is 11.6 Å². The van der Waals surface area contributed by atoms with E-state index in [9.17, 15) is 4.79 Å². The van der Waals surface area contributed by atoms with Crippen molar-refractivity contribution in [3.05, 3.63) is 28.8 Å². The Bertz CT molecular complexity index is 539. The lowest BCUT2D eigenvalue weighted by molar-refractivity contribution is -0.130. The summed E-state index contributed by atoms with van der Waals surface area (Å²) in [5, 5.41) is 4.10. The van der Waals surface area contributed by atoms with Crippen LogP contribution in [0.2, 0.25) is 5.02 Å². The molecule has 0 radical (unpaired) electrons. The van der Waals surface area contributed by atoms with E-state index in [0.717, 1.165) is 62.2 Å². The van der Waals surface area contributed by atoms with Crippen LogP contribution in [0.4, 0.5) is 0 Å². The summed E-state index contributed by atoms with van der Waals surface area (Å²) in [4.78, 5) is 14.6. The largest absolute Gasteiger partial charge is 0.496 e. The van der Waals surface area contributed by atoms with Crippen LogP contribution >= 0.6 is 24.0 Å². The second kappa shape index (κ2) is 8.22. The number of hydrogen-bond acceptors (Lipinski definition) is 3. The van der Waals surface area contributed by atoms with Gasteiger partial charge in [0.2, 0.25) is 5.91 Å². The van der Waals surface area contributed by atoms with E-state index in [-0.39, 0.29) is 18.3 Å². The molecule has 0 saturated carbocycles. The maximum absolute atomic E-state index is 12.6. The first-order valence-electron chi connectivity index (χ1n) is 7.98. The number of rotatable bonds is 3. The first-order chi connectivity index (χ1) is 10.7. The summed E-state index contributed by atoms with van der Waals surface area (Å²) < 4.78 is 5.34. The first kappa shape index (κ1) is 18.4. The lowest BCUT2D eigenvalue weighted by Gasteiger charge is -2.21. The SMILES string of the molecule is COc1ccc(Cl)cc1CC(=O)N1CC[C@@H]2CNC[C@@H]2CC1.Cl. The molecule has 0 aromatic heterocycles. The van der Waals surface area contributed by atoms with Gasteiger partial charge in [0.25, 0.3) is 0 Å². The van der Waals surface area contributed by atoms with E-state index < -0.39 is 0 Å². The van der Waals surface area contributed by atoms with Crippen LogP contribution in [0.3, 0.4) is 0 Å². The Hall–Kier alpha value is -0.970. The number of carbonyl (C=O) groups is 1. The van der Waals surface area contributed by atoms with Crippen molar-refractivity contribution in [2.24, 2.45) is 11.8 Å². The fraction of sp³-hybridized carbons (Fsp3) is 0.588. The van der Waals surface area contributed by atoms with Gasteiger partial charge in [0.1, 0.15) is 5.75 Å². The standard InChI is InChI=1S/C17H23ClN2O2.ClH/c1-22-16-3-2-15(18)8-14(16)9-17(21)20-6-4-12-10-19-11-13(12)5-7-20;/h2-3,8,12-13,19H,4-7,9-11H2,1H3;1H/t12-,13+;. The van der Waals surface area contributed by atoms with Crippen LogP contribution in [-0.4, -0.2) is 44.1 Å². The van der Waals surface area contributed by atoms with Gasteiger partial charge in [-0.3, -0.25) is 4.79 Å². The van der Waals surface area contributed by atoms with Crippen LogP contribution in [0.1, 0.15) is 18.4 Å². The summed E-state index contributed by atoms with van der Waals surface area (Å²) in [7, 11) is 1.62. The van der Waals surface area contributed by atoms with Crippen molar-refractivity contribution in [2.45, 2.75) is 19.3 Å². The van der Waals surface area contributed by atoms with E-state index in [1.54, 1.807) is 13.2 Å². The van der Waals surface area contributed by atoms with Gasteiger partial charge in [-0.25, -0.2) is 0 Å². The first-order valence-corrected chi connectivity index (χ1v) is 8.36. The molecule has 1 aromatic rings. The van der Waals surface area contributed by atoms with Crippen molar-refractivity contribution in [2.75, 3.05) is 33.3 Å². The van der Waals surface area contributed by atoms with Gasteiger partial charge < -0.3 is 15.0 Å². The predicted octanol–water partition coefficient (Wildman–Crippen LogP) is 2.77.